The van der Waals surface area contributed by atoms with Crippen molar-refractivity contribution >= 4 is 23.1 Å². The predicted molar refractivity (Wildman–Crippen MR) is 122 cm³/mol. The van der Waals surface area contributed by atoms with Crippen LogP contribution in [-0.4, -0.2) is 44.4 Å². The Morgan fingerprint density at radius 1 is 0.844 bits per heavy atom. The number of nitrogens with one attached hydrogen (secondary N) is 1. The fourth-order valence-electron chi connectivity index (χ4n) is 4.21. The van der Waals surface area contributed by atoms with Gasteiger partial charge in [0.25, 0.3) is 11.8 Å². The molecule has 2 aromatic heterocycles. The number of rotatable bonds is 4. The van der Waals surface area contributed by atoms with Crippen LogP contribution < -0.4 is 5.32 Å². The van der Waals surface area contributed by atoms with Crippen LogP contribution in [0.2, 0.25) is 0 Å². The molecule has 0 spiro atoms. The van der Waals surface area contributed by atoms with Crippen LogP contribution in [0.25, 0.3) is 5.65 Å². The topological polar surface area (TPSA) is 79.6 Å². The van der Waals surface area contributed by atoms with Crippen molar-refractivity contribution in [3.8, 4) is 0 Å². The average molecular weight is 425 g/mol. The Hall–Kier alpha value is -4.00. The van der Waals surface area contributed by atoms with E-state index in [1.807, 2.05) is 64.0 Å². The molecule has 0 aliphatic carbocycles. The molecule has 0 unspecified atom stereocenters. The standard InChI is InChI=1S/C25H23N5O2/c31-24(19-8-2-1-3-9-19)26-21-11-5-4-10-20(21)25(32)29-16-13-18(14-17-29)23-28-27-22-12-6-7-15-30(22)23/h1-12,15,18H,13-14,16-17H2,(H,26,31). The quantitative estimate of drug-likeness (QED) is 0.536. The van der Waals surface area contributed by atoms with Gasteiger partial charge in [0.1, 0.15) is 5.82 Å². The number of carbonyl (C=O) groups is 2. The summed E-state index contributed by atoms with van der Waals surface area (Å²) in [4.78, 5) is 27.7. The normalized spacial score (nSPS) is 14.4. The van der Waals surface area contributed by atoms with Crippen molar-refractivity contribution in [2.45, 2.75) is 18.8 Å². The molecule has 160 valence electrons. The summed E-state index contributed by atoms with van der Waals surface area (Å²) in [5.74, 6) is 0.898. The number of aromatic nitrogens is 3. The number of hydrogen-bond donors (Lipinski definition) is 1. The van der Waals surface area contributed by atoms with Crippen molar-refractivity contribution in [3.05, 3.63) is 95.9 Å². The van der Waals surface area contributed by atoms with Gasteiger partial charge in [0, 0.05) is 30.8 Å². The maximum absolute atomic E-state index is 13.3. The van der Waals surface area contributed by atoms with Crippen LogP contribution in [0.4, 0.5) is 5.69 Å². The fraction of sp³-hybridized carbons (Fsp3) is 0.200. The highest BCUT2D eigenvalue weighted by Gasteiger charge is 2.28. The van der Waals surface area contributed by atoms with Gasteiger partial charge in [0.05, 0.1) is 11.3 Å². The molecule has 0 radical (unpaired) electrons. The Morgan fingerprint density at radius 3 is 2.38 bits per heavy atom. The molecule has 0 saturated carbocycles. The predicted octanol–water partition coefficient (Wildman–Crippen LogP) is 4.00. The molecule has 32 heavy (non-hydrogen) atoms. The number of piperidine rings is 1. The summed E-state index contributed by atoms with van der Waals surface area (Å²) < 4.78 is 2.02. The van der Waals surface area contributed by atoms with Gasteiger partial charge in [-0.2, -0.15) is 0 Å². The first-order valence-corrected chi connectivity index (χ1v) is 10.7. The number of pyridine rings is 1. The SMILES string of the molecule is O=C(Nc1ccccc1C(=O)N1CCC(c2nnc3ccccn23)CC1)c1ccccc1. The van der Waals surface area contributed by atoms with Crippen molar-refractivity contribution < 1.29 is 9.59 Å². The van der Waals surface area contributed by atoms with Crippen molar-refractivity contribution in [3.63, 3.8) is 0 Å². The van der Waals surface area contributed by atoms with Crippen molar-refractivity contribution in [2.75, 3.05) is 18.4 Å². The Bertz CT molecular complexity index is 1260. The van der Waals surface area contributed by atoms with E-state index in [-0.39, 0.29) is 17.7 Å². The van der Waals surface area contributed by atoms with Gasteiger partial charge in [-0.25, -0.2) is 0 Å². The number of carbonyl (C=O) groups excluding carboxylic acids is 2. The van der Waals surface area contributed by atoms with E-state index in [0.29, 0.717) is 29.9 Å². The van der Waals surface area contributed by atoms with Crippen LogP contribution in [0.15, 0.2) is 79.0 Å². The molecule has 0 atom stereocenters. The van der Waals surface area contributed by atoms with Gasteiger partial charge in [-0.15, -0.1) is 10.2 Å². The molecule has 3 heterocycles. The maximum atomic E-state index is 13.3. The molecule has 2 amide bonds. The molecule has 7 nitrogen and oxygen atoms in total. The highest BCUT2D eigenvalue weighted by atomic mass is 16.2. The van der Waals surface area contributed by atoms with Crippen LogP contribution in [-0.2, 0) is 0 Å². The number of likely N-dealkylation sites (tertiary alicyclic amines) is 1. The van der Waals surface area contributed by atoms with Gasteiger partial charge < -0.3 is 10.2 Å². The van der Waals surface area contributed by atoms with Crippen molar-refractivity contribution in [1.82, 2.24) is 19.5 Å². The number of amides is 2. The second-order valence-corrected chi connectivity index (χ2v) is 7.92. The first kappa shape index (κ1) is 19.9. The van der Waals surface area contributed by atoms with E-state index < -0.39 is 0 Å². The van der Waals surface area contributed by atoms with Crippen molar-refractivity contribution in [1.29, 1.82) is 0 Å². The summed E-state index contributed by atoms with van der Waals surface area (Å²) in [6.45, 7) is 1.26. The number of fused-ring (bicyclic) bond motifs is 1. The van der Waals surface area contributed by atoms with Gasteiger partial charge in [-0.3, -0.25) is 14.0 Å². The van der Waals surface area contributed by atoms with Crippen LogP contribution in [0.5, 0.6) is 0 Å². The summed E-state index contributed by atoms with van der Waals surface area (Å²) in [6, 6.07) is 22.0. The Morgan fingerprint density at radius 2 is 1.56 bits per heavy atom. The molecule has 7 heteroatoms. The second-order valence-electron chi connectivity index (χ2n) is 7.92. The zero-order valence-corrected chi connectivity index (χ0v) is 17.5. The third kappa shape index (κ3) is 3.85. The lowest BCUT2D eigenvalue weighted by Crippen LogP contribution is -2.38. The third-order valence-corrected chi connectivity index (χ3v) is 5.93. The largest absolute Gasteiger partial charge is 0.339 e. The number of benzene rings is 2. The van der Waals surface area contributed by atoms with E-state index >= 15 is 0 Å². The van der Waals surface area contributed by atoms with Gasteiger partial charge >= 0.3 is 0 Å². The molecule has 1 aliphatic heterocycles. The summed E-state index contributed by atoms with van der Waals surface area (Å²) >= 11 is 0. The second kappa shape index (κ2) is 8.63. The first-order valence-electron chi connectivity index (χ1n) is 10.7. The number of anilines is 1. The lowest BCUT2D eigenvalue weighted by molar-refractivity contribution is 0.0712. The molecule has 4 aromatic rings. The number of hydrogen-bond acceptors (Lipinski definition) is 4. The Balaban J connectivity index is 1.29. The summed E-state index contributed by atoms with van der Waals surface area (Å²) in [5.41, 5.74) is 2.42. The van der Waals surface area contributed by atoms with Crippen LogP contribution >= 0.6 is 0 Å². The van der Waals surface area contributed by atoms with Crippen LogP contribution in [0, 0.1) is 0 Å². The molecule has 1 aliphatic rings. The molecular weight excluding hydrogens is 402 g/mol. The molecule has 1 saturated heterocycles. The number of para-hydroxylation sites is 1. The molecule has 5 rings (SSSR count). The lowest BCUT2D eigenvalue weighted by atomic mass is 9.95. The highest BCUT2D eigenvalue weighted by molar-refractivity contribution is 6.09. The van der Waals surface area contributed by atoms with Gasteiger partial charge in [-0.05, 0) is 49.2 Å². The third-order valence-electron chi connectivity index (χ3n) is 5.93. The highest BCUT2D eigenvalue weighted by Crippen LogP contribution is 2.29. The number of nitrogens with zero attached hydrogens (tertiary/aromatic N) is 4. The zero-order valence-electron chi connectivity index (χ0n) is 17.5. The Kier molecular flexibility index (Phi) is 5.37. The van der Waals surface area contributed by atoms with E-state index in [4.69, 9.17) is 0 Å². The van der Waals surface area contributed by atoms with Crippen molar-refractivity contribution in [2.24, 2.45) is 0 Å². The van der Waals surface area contributed by atoms with Crippen LogP contribution in [0.3, 0.4) is 0 Å². The minimum atomic E-state index is -0.233. The maximum Gasteiger partial charge on any atom is 0.255 e. The molecular formula is C25H23N5O2. The molecule has 1 N–H and O–H groups in total. The van der Waals surface area contributed by atoms with E-state index in [1.165, 1.54) is 0 Å². The smallest absolute Gasteiger partial charge is 0.255 e. The van der Waals surface area contributed by atoms with E-state index in [9.17, 15) is 9.59 Å². The zero-order chi connectivity index (χ0) is 21.9. The Labute approximate surface area is 185 Å². The van der Waals surface area contributed by atoms with Gasteiger partial charge in [-0.1, -0.05) is 36.4 Å². The molecule has 2 aromatic carbocycles. The molecule has 0 bridgehead atoms. The van der Waals surface area contributed by atoms with E-state index in [1.54, 1.807) is 24.3 Å². The lowest BCUT2D eigenvalue weighted by Gasteiger charge is -2.31. The summed E-state index contributed by atoms with van der Waals surface area (Å²) in [5, 5.41) is 11.5. The van der Waals surface area contributed by atoms with Gasteiger partial charge in [0.15, 0.2) is 5.65 Å². The molecule has 1 fully saturated rings. The summed E-state index contributed by atoms with van der Waals surface area (Å²) in [6.07, 6.45) is 3.62. The van der Waals surface area contributed by atoms with E-state index in [2.05, 4.69) is 15.5 Å². The first-order chi connectivity index (χ1) is 15.7. The fourth-order valence-corrected chi connectivity index (χ4v) is 4.21. The minimum absolute atomic E-state index is 0.0708. The van der Waals surface area contributed by atoms with E-state index in [0.717, 1.165) is 24.3 Å². The monoisotopic (exact) mass is 425 g/mol. The van der Waals surface area contributed by atoms with Crippen LogP contribution in [0.1, 0.15) is 45.3 Å². The summed E-state index contributed by atoms with van der Waals surface area (Å²) in [7, 11) is 0. The minimum Gasteiger partial charge on any atom is -0.339 e. The average Bonchev–Trinajstić information content (AvgIpc) is 3.29. The van der Waals surface area contributed by atoms with Gasteiger partial charge in [0.2, 0.25) is 0 Å².